The van der Waals surface area contributed by atoms with Gasteiger partial charge in [-0.1, -0.05) is 34.1 Å². The highest BCUT2D eigenvalue weighted by atomic mass is 16.2. The van der Waals surface area contributed by atoms with Crippen molar-refractivity contribution in [2.75, 3.05) is 36.8 Å². The van der Waals surface area contributed by atoms with Gasteiger partial charge in [0.25, 0.3) is 5.56 Å². The van der Waals surface area contributed by atoms with E-state index in [0.717, 1.165) is 32.4 Å². The number of carbonyl (C=O) groups is 1. The van der Waals surface area contributed by atoms with Gasteiger partial charge in [-0.3, -0.25) is 24.0 Å². The van der Waals surface area contributed by atoms with E-state index in [1.165, 1.54) is 15.9 Å². The van der Waals surface area contributed by atoms with Crippen molar-refractivity contribution in [1.29, 1.82) is 0 Å². The van der Waals surface area contributed by atoms with Gasteiger partial charge in [0.15, 0.2) is 5.69 Å². The highest BCUT2D eigenvalue weighted by Gasteiger charge is 2.27. The van der Waals surface area contributed by atoms with E-state index in [0.29, 0.717) is 19.0 Å². The van der Waals surface area contributed by atoms with E-state index in [9.17, 15) is 14.4 Å². The first-order valence-electron chi connectivity index (χ1n) is 10.4. The Labute approximate surface area is 166 Å². The third kappa shape index (κ3) is 5.47. The molecule has 1 aliphatic heterocycles. The molecule has 8 nitrogen and oxygen atoms in total. The van der Waals surface area contributed by atoms with E-state index in [1.54, 1.807) is 0 Å². The first kappa shape index (κ1) is 22.2. The van der Waals surface area contributed by atoms with E-state index in [1.807, 2.05) is 20.8 Å². The Morgan fingerprint density at radius 2 is 2.07 bits per heavy atom. The van der Waals surface area contributed by atoms with Gasteiger partial charge in [0.1, 0.15) is 5.82 Å². The fourth-order valence-corrected chi connectivity index (χ4v) is 3.77. The third-order valence-electron chi connectivity index (χ3n) is 5.17. The summed E-state index contributed by atoms with van der Waals surface area (Å²) in [4.78, 5) is 43.9. The molecule has 8 heteroatoms. The number of H-pyrrole nitrogens is 1. The van der Waals surface area contributed by atoms with Crippen molar-refractivity contribution in [3.05, 3.63) is 20.8 Å². The first-order chi connectivity index (χ1) is 13.2. The second kappa shape index (κ2) is 9.91. The molecule has 2 heterocycles. The van der Waals surface area contributed by atoms with Crippen molar-refractivity contribution in [2.24, 2.45) is 11.8 Å². The molecule has 0 radical (unpaired) electrons. The Balaban J connectivity index is 2.37. The van der Waals surface area contributed by atoms with Gasteiger partial charge < -0.3 is 10.6 Å². The Morgan fingerprint density at radius 1 is 1.36 bits per heavy atom. The molecule has 0 aromatic carbocycles. The van der Waals surface area contributed by atoms with Crippen molar-refractivity contribution in [2.45, 2.75) is 59.9 Å². The van der Waals surface area contributed by atoms with E-state index < -0.39 is 11.2 Å². The quantitative estimate of drug-likeness (QED) is 0.699. The average molecular weight is 394 g/mol. The Hall–Kier alpha value is -2.09. The van der Waals surface area contributed by atoms with Crippen LogP contribution in [-0.4, -0.2) is 46.5 Å². The summed E-state index contributed by atoms with van der Waals surface area (Å²) < 4.78 is 1.36. The molecule has 0 unspecified atom stereocenters. The summed E-state index contributed by atoms with van der Waals surface area (Å²) in [5, 5.41) is 0. The monoisotopic (exact) mass is 393 g/mol. The zero-order chi connectivity index (χ0) is 20.8. The molecule has 1 aliphatic rings. The van der Waals surface area contributed by atoms with Gasteiger partial charge in [0.05, 0.1) is 6.54 Å². The van der Waals surface area contributed by atoms with Crippen LogP contribution in [-0.2, 0) is 11.3 Å². The van der Waals surface area contributed by atoms with Gasteiger partial charge in [-0.2, -0.15) is 0 Å². The van der Waals surface area contributed by atoms with Gasteiger partial charge in [0, 0.05) is 19.6 Å². The molecular formula is C20H35N5O3. The van der Waals surface area contributed by atoms with Crippen LogP contribution in [0.1, 0.15) is 53.4 Å². The third-order valence-corrected chi connectivity index (χ3v) is 5.17. The number of aromatic amines is 1. The van der Waals surface area contributed by atoms with Crippen molar-refractivity contribution in [3.8, 4) is 0 Å². The summed E-state index contributed by atoms with van der Waals surface area (Å²) in [5.74, 6) is 0.661. The number of likely N-dealkylation sites (tertiary alicyclic amines) is 1. The maximum atomic E-state index is 13.1. The summed E-state index contributed by atoms with van der Waals surface area (Å²) in [5.41, 5.74) is 5.20. The van der Waals surface area contributed by atoms with Gasteiger partial charge in [-0.05, 0) is 37.6 Å². The van der Waals surface area contributed by atoms with E-state index in [4.69, 9.17) is 5.73 Å². The van der Waals surface area contributed by atoms with Crippen LogP contribution in [0.4, 0.5) is 11.5 Å². The molecule has 0 aliphatic carbocycles. The highest BCUT2D eigenvalue weighted by Crippen LogP contribution is 2.20. The second-order valence-corrected chi connectivity index (χ2v) is 8.38. The van der Waals surface area contributed by atoms with Crippen molar-refractivity contribution in [3.63, 3.8) is 0 Å². The van der Waals surface area contributed by atoms with Crippen LogP contribution >= 0.6 is 0 Å². The second-order valence-electron chi connectivity index (χ2n) is 8.38. The predicted octanol–water partition coefficient (Wildman–Crippen LogP) is 1.64. The van der Waals surface area contributed by atoms with Gasteiger partial charge in [-0.15, -0.1) is 0 Å². The van der Waals surface area contributed by atoms with E-state index in [2.05, 4.69) is 16.8 Å². The first-order valence-corrected chi connectivity index (χ1v) is 10.4. The Bertz CT molecular complexity index is 783. The fourth-order valence-electron chi connectivity index (χ4n) is 3.77. The number of nitrogens with one attached hydrogen (secondary N) is 1. The van der Waals surface area contributed by atoms with Crippen molar-refractivity contribution < 1.29 is 4.79 Å². The Kier molecular flexibility index (Phi) is 7.86. The van der Waals surface area contributed by atoms with Crippen LogP contribution in [0.15, 0.2) is 9.59 Å². The molecule has 1 fully saturated rings. The fraction of sp³-hybridized carbons (Fsp3) is 0.750. The minimum Gasteiger partial charge on any atom is -0.383 e. The van der Waals surface area contributed by atoms with Crippen LogP contribution in [0.5, 0.6) is 0 Å². The summed E-state index contributed by atoms with van der Waals surface area (Å²) in [7, 11) is 0. The topological polar surface area (TPSA) is 104 Å². The summed E-state index contributed by atoms with van der Waals surface area (Å²) in [6, 6.07) is 0. The number of piperidine rings is 1. The van der Waals surface area contributed by atoms with Crippen molar-refractivity contribution in [1.82, 2.24) is 14.5 Å². The number of amides is 1. The molecule has 1 aromatic heterocycles. The molecule has 1 saturated heterocycles. The summed E-state index contributed by atoms with van der Waals surface area (Å²) >= 11 is 0. The van der Waals surface area contributed by atoms with Crippen LogP contribution < -0.4 is 21.9 Å². The molecule has 1 atom stereocenters. The lowest BCUT2D eigenvalue weighted by Gasteiger charge is -2.32. The highest BCUT2D eigenvalue weighted by molar-refractivity contribution is 5.96. The maximum absolute atomic E-state index is 13.1. The minimum absolute atomic E-state index is 0.0684. The lowest BCUT2D eigenvalue weighted by Crippen LogP contribution is -2.47. The van der Waals surface area contributed by atoms with Crippen molar-refractivity contribution >= 4 is 17.4 Å². The molecule has 28 heavy (non-hydrogen) atoms. The molecule has 1 aromatic rings. The lowest BCUT2D eigenvalue weighted by molar-refractivity contribution is -0.120. The van der Waals surface area contributed by atoms with Crippen LogP contribution in [0.2, 0.25) is 0 Å². The molecule has 3 N–H and O–H groups in total. The molecule has 0 bridgehead atoms. The normalized spacial score (nSPS) is 17.8. The van der Waals surface area contributed by atoms with Crippen LogP contribution in [0, 0.1) is 11.8 Å². The number of nitrogens with zero attached hydrogens (tertiary/aromatic N) is 3. The number of rotatable bonds is 8. The number of aromatic nitrogens is 2. The standard InChI is InChI=1S/C20H35N5O3/c1-5-6-10-24(16(26)13-23-9-7-8-15(4)12-23)17-18(21)25(11-14(2)3)20(28)22-19(17)27/h14-15H,5-13,21H2,1-4H3,(H,22,27,28)/t15-/m0/s1. The van der Waals surface area contributed by atoms with Gasteiger partial charge in [0.2, 0.25) is 5.91 Å². The molecule has 2 rings (SSSR count). The molecule has 158 valence electrons. The molecule has 0 spiro atoms. The van der Waals surface area contributed by atoms with E-state index in [-0.39, 0.29) is 29.9 Å². The largest absolute Gasteiger partial charge is 0.383 e. The summed E-state index contributed by atoms with van der Waals surface area (Å²) in [6.07, 6.45) is 3.89. The number of hydrogen-bond donors (Lipinski definition) is 2. The zero-order valence-corrected chi connectivity index (χ0v) is 17.7. The smallest absolute Gasteiger partial charge is 0.330 e. The van der Waals surface area contributed by atoms with Gasteiger partial charge >= 0.3 is 5.69 Å². The van der Waals surface area contributed by atoms with Gasteiger partial charge in [-0.25, -0.2) is 4.79 Å². The van der Waals surface area contributed by atoms with Crippen LogP contribution in [0.25, 0.3) is 0 Å². The Morgan fingerprint density at radius 3 is 2.68 bits per heavy atom. The number of nitrogen functional groups attached to an aromatic ring is 1. The summed E-state index contributed by atoms with van der Waals surface area (Å²) in [6.45, 7) is 11.0. The number of unbranched alkanes of at least 4 members (excludes halogenated alkanes) is 1. The molecule has 1 amide bonds. The average Bonchev–Trinajstić information content (AvgIpc) is 2.61. The lowest BCUT2D eigenvalue weighted by atomic mass is 10.0. The number of hydrogen-bond acceptors (Lipinski definition) is 5. The van der Waals surface area contributed by atoms with Crippen LogP contribution in [0.3, 0.4) is 0 Å². The van der Waals surface area contributed by atoms with E-state index >= 15 is 0 Å². The SMILES string of the molecule is CCCCN(C(=O)CN1CCC[C@H](C)C1)c1c(N)n(CC(C)C)c(=O)[nH]c1=O. The molecular weight excluding hydrogens is 358 g/mol. The minimum atomic E-state index is -0.598. The zero-order valence-electron chi connectivity index (χ0n) is 17.7. The number of anilines is 2. The number of nitrogens with two attached hydrogens (primary N) is 1. The number of carbonyl (C=O) groups excluding carboxylic acids is 1. The molecule has 0 saturated carbocycles. The maximum Gasteiger partial charge on any atom is 0.330 e. The predicted molar refractivity (Wildman–Crippen MR) is 113 cm³/mol.